The molecule has 1 amide bonds. The molecule has 0 aromatic carbocycles. The van der Waals surface area contributed by atoms with Crippen LogP contribution in [-0.2, 0) is 11.2 Å². The molecule has 174 valence electrons. The highest BCUT2D eigenvalue weighted by molar-refractivity contribution is 14.0. The van der Waals surface area contributed by atoms with Gasteiger partial charge in [-0.25, -0.2) is 9.78 Å². The molecule has 0 saturated heterocycles. The van der Waals surface area contributed by atoms with Gasteiger partial charge in [0.25, 0.3) is 0 Å². The SMILES string of the molecule is CN=C(NCCc1sc(C)nc1C)N(C)CCC(NC(=O)OC(C)(C)C)C(C)C.I. The maximum absolute atomic E-state index is 12.1. The molecule has 0 fully saturated rings. The van der Waals surface area contributed by atoms with Crippen molar-refractivity contribution in [3.05, 3.63) is 15.6 Å². The normalized spacial score (nSPS) is 12.9. The van der Waals surface area contributed by atoms with E-state index in [2.05, 4.69) is 46.3 Å². The summed E-state index contributed by atoms with van der Waals surface area (Å²) in [4.78, 5) is 24.4. The summed E-state index contributed by atoms with van der Waals surface area (Å²) in [5.74, 6) is 1.16. The number of amides is 1. The number of guanidine groups is 1. The van der Waals surface area contributed by atoms with E-state index in [0.29, 0.717) is 5.92 Å². The van der Waals surface area contributed by atoms with E-state index in [4.69, 9.17) is 4.74 Å². The summed E-state index contributed by atoms with van der Waals surface area (Å²) in [6.07, 6.45) is 1.37. The number of aromatic nitrogens is 1. The summed E-state index contributed by atoms with van der Waals surface area (Å²) in [5.41, 5.74) is 0.620. The number of nitrogens with one attached hydrogen (secondary N) is 2. The van der Waals surface area contributed by atoms with Crippen LogP contribution in [0.25, 0.3) is 0 Å². The van der Waals surface area contributed by atoms with E-state index >= 15 is 0 Å². The first-order valence-electron chi connectivity index (χ1n) is 10.3. The van der Waals surface area contributed by atoms with E-state index in [-0.39, 0.29) is 36.1 Å². The second kappa shape index (κ2) is 13.3. The van der Waals surface area contributed by atoms with Crippen LogP contribution in [0, 0.1) is 19.8 Å². The summed E-state index contributed by atoms with van der Waals surface area (Å²) in [6.45, 7) is 15.5. The van der Waals surface area contributed by atoms with E-state index in [0.717, 1.165) is 42.6 Å². The zero-order valence-electron chi connectivity index (χ0n) is 20.0. The first kappa shape index (κ1) is 28.9. The summed E-state index contributed by atoms with van der Waals surface area (Å²) in [5, 5.41) is 7.53. The molecule has 0 bridgehead atoms. The van der Waals surface area contributed by atoms with Gasteiger partial charge in [0.05, 0.1) is 10.7 Å². The summed E-state index contributed by atoms with van der Waals surface area (Å²) in [6, 6.07) is 0.0354. The fourth-order valence-electron chi connectivity index (χ4n) is 2.95. The largest absolute Gasteiger partial charge is 0.444 e. The van der Waals surface area contributed by atoms with E-state index < -0.39 is 5.60 Å². The van der Waals surface area contributed by atoms with Crippen molar-refractivity contribution in [1.29, 1.82) is 0 Å². The fourth-order valence-corrected chi connectivity index (χ4v) is 3.88. The number of nitrogens with zero attached hydrogens (tertiary/aromatic N) is 3. The van der Waals surface area contributed by atoms with Gasteiger partial charge in [0, 0.05) is 44.5 Å². The van der Waals surface area contributed by atoms with Crippen molar-refractivity contribution in [1.82, 2.24) is 20.5 Å². The predicted octanol–water partition coefficient (Wildman–Crippen LogP) is 4.37. The molecule has 0 aliphatic heterocycles. The molecule has 1 aromatic heterocycles. The van der Waals surface area contributed by atoms with Gasteiger partial charge in [-0.05, 0) is 47.0 Å². The van der Waals surface area contributed by atoms with E-state index in [9.17, 15) is 4.79 Å². The molecule has 0 saturated carbocycles. The lowest BCUT2D eigenvalue weighted by atomic mass is 10.0. The lowest BCUT2D eigenvalue weighted by Crippen LogP contribution is -2.45. The zero-order valence-corrected chi connectivity index (χ0v) is 23.1. The second-order valence-electron chi connectivity index (χ2n) is 8.67. The van der Waals surface area contributed by atoms with Gasteiger partial charge < -0.3 is 20.3 Å². The van der Waals surface area contributed by atoms with Crippen molar-refractivity contribution in [3.8, 4) is 0 Å². The molecule has 9 heteroatoms. The number of carbonyl (C=O) groups is 1. The zero-order chi connectivity index (χ0) is 22.2. The van der Waals surface area contributed by atoms with Gasteiger partial charge in [-0.2, -0.15) is 0 Å². The van der Waals surface area contributed by atoms with Gasteiger partial charge in [0.2, 0.25) is 0 Å². The molecule has 1 unspecified atom stereocenters. The lowest BCUT2D eigenvalue weighted by Gasteiger charge is -2.28. The van der Waals surface area contributed by atoms with Gasteiger partial charge >= 0.3 is 6.09 Å². The van der Waals surface area contributed by atoms with Crippen molar-refractivity contribution in [2.24, 2.45) is 10.9 Å². The number of hydrogen-bond acceptors (Lipinski definition) is 5. The number of thiazole rings is 1. The summed E-state index contributed by atoms with van der Waals surface area (Å²) >= 11 is 1.75. The Labute approximate surface area is 203 Å². The van der Waals surface area contributed by atoms with Crippen LogP contribution in [0.5, 0.6) is 0 Å². The lowest BCUT2D eigenvalue weighted by molar-refractivity contribution is 0.0486. The standard InChI is InChI=1S/C21H39N5O2S.HI/c1-14(2)17(25-20(27)28-21(5,6)7)11-13-26(9)19(22-8)23-12-10-18-15(3)24-16(4)29-18;/h14,17H,10-13H2,1-9H3,(H,22,23)(H,25,27);1H. The number of ether oxygens (including phenoxy) is 1. The van der Waals surface area contributed by atoms with E-state index in [1.54, 1.807) is 18.4 Å². The predicted molar refractivity (Wildman–Crippen MR) is 137 cm³/mol. The van der Waals surface area contributed by atoms with Gasteiger partial charge in [0.1, 0.15) is 5.60 Å². The minimum atomic E-state index is -0.497. The minimum Gasteiger partial charge on any atom is -0.444 e. The van der Waals surface area contributed by atoms with Crippen LogP contribution in [0.1, 0.15) is 56.6 Å². The topological polar surface area (TPSA) is 78.9 Å². The molecule has 0 spiro atoms. The highest BCUT2D eigenvalue weighted by Crippen LogP contribution is 2.17. The molecule has 1 atom stereocenters. The number of hydrogen-bond donors (Lipinski definition) is 2. The van der Waals surface area contributed by atoms with E-state index in [1.165, 1.54) is 4.88 Å². The van der Waals surface area contributed by atoms with Crippen LogP contribution in [0.2, 0.25) is 0 Å². The van der Waals surface area contributed by atoms with Gasteiger partial charge in [0.15, 0.2) is 5.96 Å². The Kier molecular flexibility index (Phi) is 12.9. The molecule has 1 heterocycles. The van der Waals surface area contributed by atoms with Gasteiger partial charge in [-0.1, -0.05) is 13.8 Å². The second-order valence-corrected chi connectivity index (χ2v) is 9.96. The van der Waals surface area contributed by atoms with Crippen molar-refractivity contribution >= 4 is 47.4 Å². The Bertz CT molecular complexity index is 685. The Balaban J connectivity index is 0.00000841. The van der Waals surface area contributed by atoms with Crippen LogP contribution in [0.15, 0.2) is 4.99 Å². The van der Waals surface area contributed by atoms with Crippen molar-refractivity contribution in [2.45, 2.75) is 73.0 Å². The minimum absolute atomic E-state index is 0. The quantitative estimate of drug-likeness (QED) is 0.284. The Morgan fingerprint density at radius 3 is 2.40 bits per heavy atom. The van der Waals surface area contributed by atoms with Crippen molar-refractivity contribution in [3.63, 3.8) is 0 Å². The molecule has 0 aliphatic rings. The molecule has 30 heavy (non-hydrogen) atoms. The third kappa shape index (κ3) is 10.8. The Hall–Kier alpha value is -1.10. The maximum Gasteiger partial charge on any atom is 0.407 e. The maximum atomic E-state index is 12.1. The van der Waals surface area contributed by atoms with Crippen LogP contribution in [-0.4, -0.2) is 60.8 Å². The van der Waals surface area contributed by atoms with Crippen LogP contribution in [0.4, 0.5) is 4.79 Å². The Morgan fingerprint density at radius 2 is 1.93 bits per heavy atom. The fraction of sp³-hybridized carbons (Fsp3) is 0.762. The third-order valence-electron chi connectivity index (χ3n) is 4.49. The highest BCUT2D eigenvalue weighted by Gasteiger charge is 2.22. The molecular formula is C21H40IN5O2S. The van der Waals surface area contributed by atoms with Gasteiger partial charge in [-0.3, -0.25) is 4.99 Å². The third-order valence-corrected chi connectivity index (χ3v) is 5.62. The monoisotopic (exact) mass is 553 g/mol. The smallest absolute Gasteiger partial charge is 0.407 e. The van der Waals surface area contributed by atoms with Crippen LogP contribution >= 0.6 is 35.3 Å². The van der Waals surface area contributed by atoms with Crippen molar-refractivity contribution in [2.75, 3.05) is 27.2 Å². The first-order chi connectivity index (χ1) is 13.4. The average Bonchev–Trinajstić information content (AvgIpc) is 2.90. The highest BCUT2D eigenvalue weighted by atomic mass is 127. The molecular weight excluding hydrogens is 513 g/mol. The molecule has 0 aliphatic carbocycles. The number of carbonyl (C=O) groups excluding carboxylic acids is 1. The Morgan fingerprint density at radius 1 is 1.30 bits per heavy atom. The number of aryl methyl sites for hydroxylation is 2. The number of halogens is 1. The molecule has 1 aromatic rings. The molecule has 1 rings (SSSR count). The summed E-state index contributed by atoms with van der Waals surface area (Å²) in [7, 11) is 3.81. The number of alkyl carbamates (subject to hydrolysis) is 1. The van der Waals surface area contributed by atoms with Crippen LogP contribution in [0.3, 0.4) is 0 Å². The summed E-state index contributed by atoms with van der Waals surface area (Å²) < 4.78 is 5.40. The molecule has 7 nitrogen and oxygen atoms in total. The number of rotatable bonds is 8. The van der Waals surface area contributed by atoms with Crippen molar-refractivity contribution < 1.29 is 9.53 Å². The molecule has 2 N–H and O–H groups in total. The first-order valence-corrected chi connectivity index (χ1v) is 11.1. The van der Waals surface area contributed by atoms with Gasteiger partial charge in [-0.15, -0.1) is 35.3 Å². The molecule has 0 radical (unpaired) electrons. The number of aliphatic imine (C=N–C) groups is 1. The van der Waals surface area contributed by atoms with Crippen LogP contribution < -0.4 is 10.6 Å². The van der Waals surface area contributed by atoms with E-state index in [1.807, 2.05) is 34.7 Å². The average molecular weight is 554 g/mol.